The lowest BCUT2D eigenvalue weighted by Crippen LogP contribution is -2.55. The number of ether oxygens (including phenoxy) is 2. The maximum absolute atomic E-state index is 11.2. The van der Waals surface area contributed by atoms with Crippen LogP contribution in [-0.4, -0.2) is 17.6 Å². The maximum atomic E-state index is 11.2. The summed E-state index contributed by atoms with van der Waals surface area (Å²) in [6.45, 7) is 3.55. The van der Waals surface area contributed by atoms with Crippen molar-refractivity contribution in [3.05, 3.63) is 24.3 Å². The SMILES string of the molecule is CC1(C)Oc2ccccc2OC1C(N)=O. The minimum absolute atomic E-state index is 0.519. The van der Waals surface area contributed by atoms with E-state index in [1.807, 2.05) is 12.1 Å². The minimum atomic E-state index is -0.757. The standard InChI is InChI=1S/C11H13NO3/c1-11(2)9(10(12)13)14-7-5-3-4-6-8(7)15-11/h3-6,9H,1-2H3,(H2,12,13). The molecule has 1 aliphatic rings. The number of carbonyl (C=O) groups excluding carboxylic acids is 1. The van der Waals surface area contributed by atoms with Gasteiger partial charge in [-0.25, -0.2) is 0 Å². The predicted molar refractivity (Wildman–Crippen MR) is 54.8 cm³/mol. The second kappa shape index (κ2) is 3.15. The number of hydrogen-bond donors (Lipinski definition) is 1. The zero-order valence-corrected chi connectivity index (χ0v) is 8.69. The van der Waals surface area contributed by atoms with Gasteiger partial charge in [0.05, 0.1) is 0 Å². The molecule has 0 saturated heterocycles. The smallest absolute Gasteiger partial charge is 0.262 e. The average molecular weight is 207 g/mol. The van der Waals surface area contributed by atoms with Crippen LogP contribution in [0.25, 0.3) is 0 Å². The van der Waals surface area contributed by atoms with Crippen LogP contribution in [0.15, 0.2) is 24.3 Å². The van der Waals surface area contributed by atoms with Crippen molar-refractivity contribution in [2.24, 2.45) is 5.73 Å². The monoisotopic (exact) mass is 207 g/mol. The van der Waals surface area contributed by atoms with Gasteiger partial charge < -0.3 is 15.2 Å². The second-order valence-corrected chi connectivity index (χ2v) is 4.05. The summed E-state index contributed by atoms with van der Waals surface area (Å²) >= 11 is 0. The van der Waals surface area contributed by atoms with Gasteiger partial charge in [0.2, 0.25) is 6.10 Å². The third-order valence-corrected chi connectivity index (χ3v) is 2.36. The topological polar surface area (TPSA) is 61.6 Å². The summed E-state index contributed by atoms with van der Waals surface area (Å²) in [5.41, 5.74) is 4.52. The molecule has 4 heteroatoms. The van der Waals surface area contributed by atoms with Gasteiger partial charge in [-0.1, -0.05) is 12.1 Å². The highest BCUT2D eigenvalue weighted by atomic mass is 16.6. The van der Waals surface area contributed by atoms with Crippen molar-refractivity contribution < 1.29 is 14.3 Å². The molecule has 1 atom stereocenters. The van der Waals surface area contributed by atoms with Crippen molar-refractivity contribution in [3.63, 3.8) is 0 Å². The Hall–Kier alpha value is -1.71. The molecule has 1 heterocycles. The van der Waals surface area contributed by atoms with E-state index in [-0.39, 0.29) is 0 Å². The number of nitrogens with two attached hydrogens (primary N) is 1. The first-order chi connectivity index (χ1) is 7.00. The van der Waals surface area contributed by atoms with Gasteiger partial charge in [-0.2, -0.15) is 0 Å². The first-order valence-electron chi connectivity index (χ1n) is 4.75. The molecule has 15 heavy (non-hydrogen) atoms. The second-order valence-electron chi connectivity index (χ2n) is 4.05. The van der Waals surface area contributed by atoms with Gasteiger partial charge in [-0.05, 0) is 26.0 Å². The summed E-state index contributed by atoms with van der Waals surface area (Å²) in [7, 11) is 0. The molecule has 0 aromatic heterocycles. The Labute approximate surface area is 88.0 Å². The van der Waals surface area contributed by atoms with Gasteiger partial charge in [-0.15, -0.1) is 0 Å². The molecule has 2 rings (SSSR count). The number of carbonyl (C=O) groups is 1. The molecule has 4 nitrogen and oxygen atoms in total. The summed E-state index contributed by atoms with van der Waals surface area (Å²) in [5.74, 6) is 0.676. The van der Waals surface area contributed by atoms with E-state index in [0.717, 1.165) is 0 Å². The molecular weight excluding hydrogens is 194 g/mol. The van der Waals surface area contributed by atoms with Crippen LogP contribution in [-0.2, 0) is 4.79 Å². The van der Waals surface area contributed by atoms with Crippen molar-refractivity contribution in [1.82, 2.24) is 0 Å². The van der Waals surface area contributed by atoms with Crippen LogP contribution in [0.1, 0.15) is 13.8 Å². The molecule has 0 bridgehead atoms. The number of benzene rings is 1. The molecule has 1 unspecified atom stereocenters. The Morgan fingerprint density at radius 2 is 1.93 bits per heavy atom. The highest BCUT2D eigenvalue weighted by Gasteiger charge is 2.42. The van der Waals surface area contributed by atoms with Gasteiger partial charge in [0.25, 0.3) is 5.91 Å². The lowest BCUT2D eigenvalue weighted by Gasteiger charge is -2.37. The van der Waals surface area contributed by atoms with E-state index in [2.05, 4.69) is 0 Å². The molecule has 0 saturated carbocycles. The average Bonchev–Trinajstić information content (AvgIpc) is 2.14. The number of fused-ring (bicyclic) bond motifs is 1. The lowest BCUT2D eigenvalue weighted by molar-refractivity contribution is -0.136. The Morgan fingerprint density at radius 3 is 2.53 bits per heavy atom. The lowest BCUT2D eigenvalue weighted by atomic mass is 9.99. The number of primary amides is 1. The highest BCUT2D eigenvalue weighted by Crippen LogP contribution is 2.37. The van der Waals surface area contributed by atoms with Crippen LogP contribution in [0.5, 0.6) is 11.5 Å². The number of hydrogen-bond acceptors (Lipinski definition) is 3. The summed E-state index contributed by atoms with van der Waals surface area (Å²) in [4.78, 5) is 11.2. The van der Waals surface area contributed by atoms with E-state index >= 15 is 0 Å². The molecule has 1 amide bonds. The molecule has 0 fully saturated rings. The Morgan fingerprint density at radius 1 is 1.33 bits per heavy atom. The van der Waals surface area contributed by atoms with E-state index in [0.29, 0.717) is 11.5 Å². The van der Waals surface area contributed by atoms with Crippen molar-refractivity contribution >= 4 is 5.91 Å². The third kappa shape index (κ3) is 1.63. The largest absolute Gasteiger partial charge is 0.480 e. The Bertz CT molecular complexity index is 401. The summed E-state index contributed by atoms with van der Waals surface area (Å²) < 4.78 is 11.2. The van der Waals surface area contributed by atoms with Crippen molar-refractivity contribution in [2.75, 3.05) is 0 Å². The fourth-order valence-electron chi connectivity index (χ4n) is 1.64. The van der Waals surface area contributed by atoms with Crippen LogP contribution in [0.3, 0.4) is 0 Å². The van der Waals surface area contributed by atoms with Gasteiger partial charge >= 0.3 is 0 Å². The Balaban J connectivity index is 2.40. The fourth-order valence-corrected chi connectivity index (χ4v) is 1.64. The third-order valence-electron chi connectivity index (χ3n) is 2.36. The van der Waals surface area contributed by atoms with Crippen LogP contribution >= 0.6 is 0 Å². The van der Waals surface area contributed by atoms with Crippen LogP contribution in [0, 0.1) is 0 Å². The molecule has 1 aromatic carbocycles. The molecular formula is C11H13NO3. The number of para-hydroxylation sites is 2. The molecule has 0 aliphatic carbocycles. The van der Waals surface area contributed by atoms with E-state index in [4.69, 9.17) is 15.2 Å². The number of rotatable bonds is 1. The number of amides is 1. The fraction of sp³-hybridized carbons (Fsp3) is 0.364. The van der Waals surface area contributed by atoms with Crippen molar-refractivity contribution in [2.45, 2.75) is 25.6 Å². The summed E-state index contributed by atoms with van der Waals surface area (Å²) in [6, 6.07) is 7.22. The van der Waals surface area contributed by atoms with Gasteiger partial charge in [-0.3, -0.25) is 4.79 Å². The molecule has 1 aromatic rings. The van der Waals surface area contributed by atoms with Crippen LogP contribution in [0.4, 0.5) is 0 Å². The molecule has 0 radical (unpaired) electrons. The Kier molecular flexibility index (Phi) is 2.07. The molecule has 80 valence electrons. The highest BCUT2D eigenvalue weighted by molar-refractivity contribution is 5.81. The molecule has 0 spiro atoms. The summed E-state index contributed by atoms with van der Waals surface area (Å²) in [6.07, 6.45) is -0.757. The molecule has 1 aliphatic heterocycles. The normalized spacial score (nSPS) is 22.1. The van der Waals surface area contributed by atoms with E-state index in [1.54, 1.807) is 26.0 Å². The van der Waals surface area contributed by atoms with E-state index in [1.165, 1.54) is 0 Å². The molecule has 2 N–H and O–H groups in total. The van der Waals surface area contributed by atoms with Gasteiger partial charge in [0.15, 0.2) is 11.5 Å². The van der Waals surface area contributed by atoms with Crippen molar-refractivity contribution in [1.29, 1.82) is 0 Å². The van der Waals surface area contributed by atoms with E-state index in [9.17, 15) is 4.79 Å². The maximum Gasteiger partial charge on any atom is 0.262 e. The zero-order valence-electron chi connectivity index (χ0n) is 8.69. The van der Waals surface area contributed by atoms with Gasteiger partial charge in [0.1, 0.15) is 5.60 Å². The first kappa shape index (κ1) is 9.83. The quantitative estimate of drug-likeness (QED) is 0.749. The zero-order chi connectivity index (χ0) is 11.1. The van der Waals surface area contributed by atoms with Crippen LogP contribution < -0.4 is 15.2 Å². The van der Waals surface area contributed by atoms with E-state index < -0.39 is 17.6 Å². The predicted octanol–water partition coefficient (Wildman–Crippen LogP) is 1.09. The van der Waals surface area contributed by atoms with Crippen LogP contribution in [0.2, 0.25) is 0 Å². The first-order valence-corrected chi connectivity index (χ1v) is 4.75. The van der Waals surface area contributed by atoms with Gasteiger partial charge in [0, 0.05) is 0 Å². The summed E-state index contributed by atoms with van der Waals surface area (Å²) in [5, 5.41) is 0. The van der Waals surface area contributed by atoms with Crippen molar-refractivity contribution in [3.8, 4) is 11.5 Å². The minimum Gasteiger partial charge on any atom is -0.480 e.